The van der Waals surface area contributed by atoms with E-state index < -0.39 is 23.8 Å². The predicted molar refractivity (Wildman–Crippen MR) is 120 cm³/mol. The second kappa shape index (κ2) is 8.61. The molecule has 166 valence electrons. The number of fused-ring (bicyclic) bond motifs is 1. The number of rotatable bonds is 4. The highest BCUT2D eigenvalue weighted by Gasteiger charge is 2.47. The van der Waals surface area contributed by atoms with Crippen LogP contribution in [-0.4, -0.2) is 31.4 Å². The number of hydrogen-bond donors (Lipinski definition) is 1. The molecule has 0 saturated carbocycles. The fourth-order valence-electron chi connectivity index (χ4n) is 4.97. The van der Waals surface area contributed by atoms with Gasteiger partial charge in [0.25, 0.3) is 0 Å². The van der Waals surface area contributed by atoms with Gasteiger partial charge in [0.15, 0.2) is 5.78 Å². The molecule has 0 amide bonds. The Labute approximate surface area is 187 Å². The number of carbonyl (C=O) groups is 3. The van der Waals surface area contributed by atoms with Crippen LogP contribution < -0.4 is 5.32 Å². The highest BCUT2D eigenvalue weighted by Crippen LogP contribution is 2.46. The number of methoxy groups -OCH3 is 1. The number of ketones is 1. The van der Waals surface area contributed by atoms with E-state index in [-0.39, 0.29) is 18.3 Å². The first kappa shape index (κ1) is 21.8. The average Bonchev–Trinajstić information content (AvgIpc) is 2.77. The van der Waals surface area contributed by atoms with E-state index in [1.165, 1.54) is 7.11 Å². The minimum Gasteiger partial charge on any atom is -0.468 e. The van der Waals surface area contributed by atoms with Gasteiger partial charge in [-0.05, 0) is 42.5 Å². The van der Waals surface area contributed by atoms with Gasteiger partial charge < -0.3 is 14.8 Å². The zero-order valence-electron chi connectivity index (χ0n) is 18.7. The van der Waals surface area contributed by atoms with Crippen molar-refractivity contribution in [3.8, 4) is 0 Å². The molecule has 2 aromatic rings. The van der Waals surface area contributed by atoms with Crippen LogP contribution in [0.3, 0.4) is 0 Å². The lowest BCUT2D eigenvalue weighted by Crippen LogP contribution is -2.43. The van der Waals surface area contributed by atoms with Gasteiger partial charge in [0.2, 0.25) is 0 Å². The van der Waals surface area contributed by atoms with Crippen LogP contribution in [0.25, 0.3) is 10.8 Å². The number of carbonyl (C=O) groups excluding carboxylic acids is 3. The van der Waals surface area contributed by atoms with Crippen LogP contribution in [0.5, 0.6) is 0 Å². The van der Waals surface area contributed by atoms with Crippen LogP contribution in [0, 0.1) is 11.8 Å². The van der Waals surface area contributed by atoms with Crippen LogP contribution in [0.4, 0.5) is 0 Å². The molecular weight excluding hydrogens is 406 g/mol. The molecule has 0 bridgehead atoms. The van der Waals surface area contributed by atoms with Gasteiger partial charge in [0, 0.05) is 22.9 Å². The van der Waals surface area contributed by atoms with E-state index in [4.69, 9.17) is 9.47 Å². The molecule has 1 N–H and O–H groups in total. The molecule has 2 aromatic carbocycles. The van der Waals surface area contributed by atoms with Crippen molar-refractivity contribution in [3.63, 3.8) is 0 Å². The molecule has 0 radical (unpaired) electrons. The molecular formula is C26H27NO5. The first-order valence-electron chi connectivity index (χ1n) is 10.9. The number of dihydropyridines is 1. The summed E-state index contributed by atoms with van der Waals surface area (Å²) in [4.78, 5) is 39.4. The summed E-state index contributed by atoms with van der Waals surface area (Å²) in [6.07, 6.45) is 0.509. The second-order valence-corrected chi connectivity index (χ2v) is 8.32. The van der Waals surface area contributed by atoms with Crippen molar-refractivity contribution in [2.24, 2.45) is 11.8 Å². The molecule has 4 rings (SSSR count). The third-order valence-corrected chi connectivity index (χ3v) is 6.37. The summed E-state index contributed by atoms with van der Waals surface area (Å²) in [5.74, 6) is -3.07. The highest BCUT2D eigenvalue weighted by atomic mass is 16.5. The minimum atomic E-state index is -0.903. The van der Waals surface area contributed by atoms with Crippen molar-refractivity contribution in [2.45, 2.75) is 33.1 Å². The zero-order valence-corrected chi connectivity index (χ0v) is 18.7. The number of ether oxygens (including phenoxy) is 2. The van der Waals surface area contributed by atoms with Gasteiger partial charge in [-0.1, -0.05) is 49.4 Å². The fraction of sp³-hybridized carbons (Fsp3) is 0.346. The lowest BCUT2D eigenvalue weighted by molar-refractivity contribution is -0.151. The monoisotopic (exact) mass is 433 g/mol. The van der Waals surface area contributed by atoms with E-state index in [1.807, 2.05) is 56.3 Å². The summed E-state index contributed by atoms with van der Waals surface area (Å²) < 4.78 is 10.3. The van der Waals surface area contributed by atoms with Gasteiger partial charge in [-0.15, -0.1) is 0 Å². The third kappa shape index (κ3) is 3.49. The third-order valence-electron chi connectivity index (χ3n) is 6.37. The van der Waals surface area contributed by atoms with E-state index in [1.54, 1.807) is 6.92 Å². The molecule has 2 aliphatic rings. The average molecular weight is 434 g/mol. The highest BCUT2D eigenvalue weighted by molar-refractivity contribution is 6.13. The molecule has 3 atom stereocenters. The van der Waals surface area contributed by atoms with E-state index >= 15 is 0 Å². The fourth-order valence-corrected chi connectivity index (χ4v) is 4.97. The Morgan fingerprint density at radius 3 is 2.56 bits per heavy atom. The van der Waals surface area contributed by atoms with Crippen LogP contribution in [0.1, 0.15) is 38.7 Å². The molecule has 6 nitrogen and oxygen atoms in total. The minimum absolute atomic E-state index is 0.216. The van der Waals surface area contributed by atoms with E-state index in [9.17, 15) is 14.4 Å². The Balaban J connectivity index is 1.97. The number of esters is 2. The van der Waals surface area contributed by atoms with Crippen LogP contribution in [-0.2, 0) is 23.9 Å². The van der Waals surface area contributed by atoms with Crippen LogP contribution >= 0.6 is 0 Å². The van der Waals surface area contributed by atoms with Gasteiger partial charge in [-0.25, -0.2) is 4.79 Å². The normalized spacial score (nSPS) is 23.0. The number of hydrogen-bond acceptors (Lipinski definition) is 6. The molecule has 1 heterocycles. The maximum atomic E-state index is 13.7. The Morgan fingerprint density at radius 2 is 1.84 bits per heavy atom. The molecule has 0 saturated heterocycles. The molecule has 0 spiro atoms. The predicted octanol–water partition coefficient (Wildman–Crippen LogP) is 4.02. The number of nitrogens with one attached hydrogen (secondary N) is 1. The molecule has 1 aliphatic heterocycles. The van der Waals surface area contributed by atoms with Gasteiger partial charge in [0.05, 0.1) is 19.3 Å². The van der Waals surface area contributed by atoms with Crippen molar-refractivity contribution in [1.29, 1.82) is 0 Å². The van der Waals surface area contributed by atoms with Gasteiger partial charge in [-0.3, -0.25) is 9.59 Å². The summed E-state index contributed by atoms with van der Waals surface area (Å²) in [6.45, 7) is 5.68. The number of benzene rings is 2. The molecule has 6 heteroatoms. The van der Waals surface area contributed by atoms with Crippen molar-refractivity contribution in [1.82, 2.24) is 5.32 Å². The lowest BCUT2D eigenvalue weighted by atomic mass is 9.68. The molecule has 0 aromatic heterocycles. The van der Waals surface area contributed by atoms with E-state index in [2.05, 4.69) is 5.32 Å². The lowest BCUT2D eigenvalue weighted by Gasteiger charge is -2.38. The van der Waals surface area contributed by atoms with Crippen LogP contribution in [0.2, 0.25) is 0 Å². The Kier molecular flexibility index (Phi) is 5.87. The topological polar surface area (TPSA) is 81.7 Å². The zero-order chi connectivity index (χ0) is 23.0. The first-order chi connectivity index (χ1) is 15.4. The first-order valence-corrected chi connectivity index (χ1v) is 10.9. The summed E-state index contributed by atoms with van der Waals surface area (Å²) in [5.41, 5.74) is 3.10. The van der Waals surface area contributed by atoms with Crippen molar-refractivity contribution < 1.29 is 23.9 Å². The Hall–Kier alpha value is -3.41. The summed E-state index contributed by atoms with van der Waals surface area (Å²) >= 11 is 0. The second-order valence-electron chi connectivity index (χ2n) is 8.32. The molecule has 1 aliphatic carbocycles. The summed E-state index contributed by atoms with van der Waals surface area (Å²) in [7, 11) is 1.29. The number of allylic oxidation sites excluding steroid dienone is 3. The Bertz CT molecular complexity index is 1170. The summed E-state index contributed by atoms with van der Waals surface area (Å²) in [5, 5.41) is 5.23. The molecule has 0 unspecified atom stereocenters. The maximum Gasteiger partial charge on any atom is 0.336 e. The van der Waals surface area contributed by atoms with E-state index in [0.717, 1.165) is 22.0 Å². The number of Topliss-reactive ketones (excluding diaryl/α,β-unsaturated/α-hetero) is 1. The summed E-state index contributed by atoms with van der Waals surface area (Å²) in [6, 6.07) is 13.7. The standard InChI is InChI=1S/C26H27NO5/c1-5-32-26(30)21-15(3)27-19-13-14(2)20(25(29)31-4)24(28)23(19)22(21)18-12-8-10-16-9-6-7-11-17(16)18/h6-12,14,20,22,27H,5,13H2,1-4H3/t14-,20-,22+/m1/s1. The van der Waals surface area contributed by atoms with E-state index in [0.29, 0.717) is 23.3 Å². The largest absolute Gasteiger partial charge is 0.468 e. The molecule has 32 heavy (non-hydrogen) atoms. The van der Waals surface area contributed by atoms with Gasteiger partial charge in [0.1, 0.15) is 5.92 Å². The van der Waals surface area contributed by atoms with Crippen molar-refractivity contribution in [2.75, 3.05) is 13.7 Å². The van der Waals surface area contributed by atoms with Crippen LogP contribution in [0.15, 0.2) is 65.0 Å². The quantitative estimate of drug-likeness (QED) is 0.579. The van der Waals surface area contributed by atoms with Crippen molar-refractivity contribution in [3.05, 3.63) is 70.6 Å². The maximum absolute atomic E-state index is 13.7. The SMILES string of the molecule is CCOC(=O)C1=C(C)NC2=C(C(=O)[C@H](C(=O)OC)[C@H](C)C2)[C@H]1c1cccc2ccccc12. The Morgan fingerprint density at radius 1 is 1.12 bits per heavy atom. The smallest absolute Gasteiger partial charge is 0.336 e. The van der Waals surface area contributed by atoms with Gasteiger partial charge >= 0.3 is 11.9 Å². The van der Waals surface area contributed by atoms with Crippen molar-refractivity contribution >= 4 is 28.5 Å². The van der Waals surface area contributed by atoms with Gasteiger partial charge in [-0.2, -0.15) is 0 Å². The molecule has 0 fully saturated rings.